The van der Waals surface area contributed by atoms with E-state index in [1.807, 2.05) is 61.5 Å². The van der Waals surface area contributed by atoms with E-state index >= 15 is 0 Å². The average molecular weight is 311 g/mol. The largest absolute Gasteiger partial charge is 0.489 e. The van der Waals surface area contributed by atoms with Gasteiger partial charge in [0.15, 0.2) is 0 Å². The Labute approximate surface area is 136 Å². The molecule has 1 heterocycles. The van der Waals surface area contributed by atoms with E-state index in [2.05, 4.69) is 0 Å². The molecule has 0 N–H and O–H groups in total. The van der Waals surface area contributed by atoms with Crippen LogP contribution in [-0.4, -0.2) is 30.2 Å². The molecule has 1 unspecified atom stereocenters. The highest BCUT2D eigenvalue weighted by molar-refractivity contribution is 5.69. The Hall–Kier alpha value is -2.49. The molecule has 0 bridgehead atoms. The summed E-state index contributed by atoms with van der Waals surface area (Å²) in [4.78, 5) is 13.3. The van der Waals surface area contributed by atoms with E-state index in [-0.39, 0.29) is 12.1 Å². The molecule has 1 atom stereocenters. The first-order chi connectivity index (χ1) is 11.2. The third kappa shape index (κ3) is 4.03. The van der Waals surface area contributed by atoms with Gasteiger partial charge in [0.25, 0.3) is 0 Å². The molecule has 1 amide bonds. The van der Waals surface area contributed by atoms with Crippen molar-refractivity contribution in [2.45, 2.75) is 26.0 Å². The van der Waals surface area contributed by atoms with Crippen LogP contribution in [0.4, 0.5) is 4.79 Å². The maximum absolute atomic E-state index is 11.6. The smallest absolute Gasteiger partial charge is 0.410 e. The second-order valence-corrected chi connectivity index (χ2v) is 5.79. The van der Waals surface area contributed by atoms with Crippen LogP contribution in [0.3, 0.4) is 0 Å². The highest BCUT2D eigenvalue weighted by Crippen LogP contribution is 2.17. The van der Waals surface area contributed by atoms with Crippen LogP contribution < -0.4 is 4.74 Å². The summed E-state index contributed by atoms with van der Waals surface area (Å²) in [6.45, 7) is 3.75. The summed E-state index contributed by atoms with van der Waals surface area (Å²) in [6, 6.07) is 18.3. The van der Waals surface area contributed by atoms with Crippen LogP contribution in [0.2, 0.25) is 0 Å². The third-order valence-electron chi connectivity index (χ3n) is 4.03. The average Bonchev–Trinajstić information content (AvgIpc) is 2.91. The Bertz CT molecular complexity index is 639. The maximum atomic E-state index is 11.6. The molecule has 2 aromatic carbocycles. The highest BCUT2D eigenvalue weighted by Gasteiger charge is 2.28. The van der Waals surface area contributed by atoms with E-state index in [9.17, 15) is 4.79 Å². The van der Waals surface area contributed by atoms with Crippen molar-refractivity contribution in [1.82, 2.24) is 4.90 Å². The molecule has 0 aliphatic carbocycles. The lowest BCUT2D eigenvalue weighted by molar-refractivity contribution is 0.158. The van der Waals surface area contributed by atoms with Gasteiger partial charge < -0.3 is 14.4 Å². The Morgan fingerprint density at radius 2 is 1.83 bits per heavy atom. The number of carbonyl (C=O) groups excluding carboxylic acids is 1. The molecule has 2 aromatic rings. The Morgan fingerprint density at radius 1 is 1.09 bits per heavy atom. The fraction of sp³-hybridized carbons (Fsp3) is 0.316. The Balaban J connectivity index is 1.50. The van der Waals surface area contributed by atoms with Gasteiger partial charge in [-0.15, -0.1) is 0 Å². The van der Waals surface area contributed by atoms with Gasteiger partial charge in [-0.2, -0.15) is 0 Å². The molecule has 4 heteroatoms. The van der Waals surface area contributed by atoms with Crippen LogP contribution in [-0.2, 0) is 17.8 Å². The van der Waals surface area contributed by atoms with Gasteiger partial charge in [0, 0.05) is 6.54 Å². The van der Waals surface area contributed by atoms with E-state index in [4.69, 9.17) is 9.47 Å². The molecule has 0 spiro atoms. The van der Waals surface area contributed by atoms with Gasteiger partial charge >= 0.3 is 6.09 Å². The number of ether oxygens (including phenoxy) is 2. The summed E-state index contributed by atoms with van der Waals surface area (Å²) >= 11 is 0. The molecule has 3 rings (SSSR count). The second kappa shape index (κ2) is 7.18. The Morgan fingerprint density at radius 3 is 2.48 bits per heavy atom. The standard InChI is InChI=1S/C19H21NO3/c1-15-13-23-19(21)20(15)12-11-16-7-9-18(10-8-16)22-14-17-5-3-2-4-6-17/h2-10,15H,11-14H2,1H3. The predicted molar refractivity (Wildman–Crippen MR) is 88.4 cm³/mol. The monoisotopic (exact) mass is 311 g/mol. The summed E-state index contributed by atoms with van der Waals surface area (Å²) < 4.78 is 10.8. The predicted octanol–water partition coefficient (Wildman–Crippen LogP) is 3.65. The summed E-state index contributed by atoms with van der Waals surface area (Å²) in [6.07, 6.45) is 0.610. The van der Waals surface area contributed by atoms with Crippen molar-refractivity contribution in [2.75, 3.05) is 13.2 Å². The van der Waals surface area contributed by atoms with Gasteiger partial charge in [0.2, 0.25) is 0 Å². The zero-order valence-electron chi connectivity index (χ0n) is 13.3. The molecule has 23 heavy (non-hydrogen) atoms. The van der Waals surface area contributed by atoms with Crippen molar-refractivity contribution < 1.29 is 14.3 Å². The molecule has 0 radical (unpaired) electrons. The molecule has 0 aromatic heterocycles. The zero-order valence-corrected chi connectivity index (χ0v) is 13.3. The third-order valence-corrected chi connectivity index (χ3v) is 4.03. The molecule has 0 saturated carbocycles. The number of hydrogen-bond donors (Lipinski definition) is 0. The maximum Gasteiger partial charge on any atom is 0.410 e. The fourth-order valence-corrected chi connectivity index (χ4v) is 2.60. The normalized spacial score (nSPS) is 17.2. The molecule has 120 valence electrons. The summed E-state index contributed by atoms with van der Waals surface area (Å²) in [5, 5.41) is 0. The van der Waals surface area contributed by atoms with E-state index < -0.39 is 0 Å². The van der Waals surface area contributed by atoms with Crippen LogP contribution >= 0.6 is 0 Å². The van der Waals surface area contributed by atoms with Crippen molar-refractivity contribution in [3.63, 3.8) is 0 Å². The first-order valence-electron chi connectivity index (χ1n) is 7.91. The van der Waals surface area contributed by atoms with Crippen molar-refractivity contribution in [3.05, 3.63) is 65.7 Å². The van der Waals surface area contributed by atoms with Crippen LogP contribution in [0.1, 0.15) is 18.1 Å². The van der Waals surface area contributed by atoms with Crippen LogP contribution in [0, 0.1) is 0 Å². The van der Waals surface area contributed by atoms with Crippen molar-refractivity contribution in [3.8, 4) is 5.75 Å². The van der Waals surface area contributed by atoms with Gasteiger partial charge in [-0.25, -0.2) is 4.79 Å². The molecule has 1 fully saturated rings. The molecular weight excluding hydrogens is 290 g/mol. The van der Waals surface area contributed by atoms with Crippen molar-refractivity contribution in [2.24, 2.45) is 0 Å². The molecule has 1 aliphatic rings. The minimum atomic E-state index is -0.208. The quantitative estimate of drug-likeness (QED) is 0.817. The lowest BCUT2D eigenvalue weighted by Crippen LogP contribution is -2.33. The van der Waals surface area contributed by atoms with E-state index in [0.717, 1.165) is 17.7 Å². The number of benzene rings is 2. The van der Waals surface area contributed by atoms with Gasteiger partial charge in [0.1, 0.15) is 19.0 Å². The molecular formula is C19H21NO3. The zero-order chi connectivity index (χ0) is 16.1. The van der Waals surface area contributed by atoms with Crippen LogP contribution in [0.25, 0.3) is 0 Å². The summed E-state index contributed by atoms with van der Waals surface area (Å²) in [5.74, 6) is 0.853. The molecule has 4 nitrogen and oxygen atoms in total. The number of cyclic esters (lactones) is 1. The first-order valence-corrected chi connectivity index (χ1v) is 7.91. The first kappa shape index (κ1) is 15.4. The van der Waals surface area contributed by atoms with Crippen LogP contribution in [0.15, 0.2) is 54.6 Å². The summed E-state index contributed by atoms with van der Waals surface area (Å²) in [7, 11) is 0. The van der Waals surface area contributed by atoms with E-state index in [1.54, 1.807) is 4.90 Å². The number of hydrogen-bond acceptors (Lipinski definition) is 3. The van der Waals surface area contributed by atoms with Crippen LogP contribution in [0.5, 0.6) is 5.75 Å². The lowest BCUT2D eigenvalue weighted by Gasteiger charge is -2.17. The van der Waals surface area contributed by atoms with Crippen molar-refractivity contribution in [1.29, 1.82) is 0 Å². The second-order valence-electron chi connectivity index (χ2n) is 5.79. The van der Waals surface area contributed by atoms with Gasteiger partial charge in [-0.3, -0.25) is 0 Å². The highest BCUT2D eigenvalue weighted by atomic mass is 16.6. The molecule has 1 aliphatic heterocycles. The Kier molecular flexibility index (Phi) is 4.81. The van der Waals surface area contributed by atoms with Gasteiger partial charge in [-0.05, 0) is 36.6 Å². The van der Waals surface area contributed by atoms with E-state index in [0.29, 0.717) is 19.8 Å². The minimum Gasteiger partial charge on any atom is -0.489 e. The molecule has 1 saturated heterocycles. The number of amides is 1. The lowest BCUT2D eigenvalue weighted by atomic mass is 10.1. The number of carbonyl (C=O) groups is 1. The van der Waals surface area contributed by atoms with Crippen molar-refractivity contribution >= 4 is 6.09 Å². The minimum absolute atomic E-state index is 0.163. The summed E-state index contributed by atoms with van der Waals surface area (Å²) in [5.41, 5.74) is 2.34. The van der Waals surface area contributed by atoms with Gasteiger partial charge in [-0.1, -0.05) is 42.5 Å². The number of rotatable bonds is 6. The topological polar surface area (TPSA) is 38.8 Å². The SMILES string of the molecule is CC1COC(=O)N1CCc1ccc(OCc2ccccc2)cc1. The number of nitrogens with zero attached hydrogens (tertiary/aromatic N) is 1. The van der Waals surface area contributed by atoms with Gasteiger partial charge in [0.05, 0.1) is 6.04 Å². The fourth-order valence-electron chi connectivity index (χ4n) is 2.60. The van der Waals surface area contributed by atoms with E-state index in [1.165, 1.54) is 5.56 Å².